The first-order chi connectivity index (χ1) is 14.4. The van der Waals surface area contributed by atoms with Gasteiger partial charge in [-0.15, -0.1) is 0 Å². The molecule has 0 radical (unpaired) electrons. The largest absolute Gasteiger partial charge is 0.368 e. The summed E-state index contributed by atoms with van der Waals surface area (Å²) < 4.78 is 51.6. The van der Waals surface area contributed by atoms with Crippen LogP contribution in [0.3, 0.4) is 0 Å². The summed E-state index contributed by atoms with van der Waals surface area (Å²) in [5, 5.41) is 3.86. The molecule has 158 valence electrons. The smallest absolute Gasteiger partial charge is 0.253 e. The number of nitrogens with zero attached hydrogens (tertiary/aromatic N) is 5. The summed E-state index contributed by atoms with van der Waals surface area (Å²) in [7, 11) is -3.75. The summed E-state index contributed by atoms with van der Waals surface area (Å²) in [5.74, 6) is 0.0620. The van der Waals surface area contributed by atoms with Gasteiger partial charge in [0.15, 0.2) is 0 Å². The second kappa shape index (κ2) is 8.54. The van der Waals surface area contributed by atoms with Gasteiger partial charge in [0, 0.05) is 25.5 Å². The third-order valence-electron chi connectivity index (χ3n) is 4.87. The molecule has 3 aromatic rings. The molecule has 11 heteroatoms. The zero-order chi connectivity index (χ0) is 21.1. The Morgan fingerprint density at radius 2 is 2.07 bits per heavy atom. The molecule has 2 aromatic heterocycles. The maximum absolute atomic E-state index is 13.5. The lowest BCUT2D eigenvalue weighted by atomic mass is 10.1. The van der Waals surface area contributed by atoms with Crippen LogP contribution in [0.4, 0.5) is 4.39 Å². The van der Waals surface area contributed by atoms with Crippen molar-refractivity contribution in [1.29, 1.82) is 0 Å². The lowest BCUT2D eigenvalue weighted by molar-refractivity contribution is -0.00119. The number of aryl methyl sites for hydroxylation is 1. The molecular formula is C19H20FN5O4S. The summed E-state index contributed by atoms with van der Waals surface area (Å²) in [6.45, 7) is 2.35. The zero-order valence-corrected chi connectivity index (χ0v) is 17.0. The van der Waals surface area contributed by atoms with Crippen molar-refractivity contribution in [2.45, 2.75) is 37.4 Å². The van der Waals surface area contributed by atoms with Gasteiger partial charge in [0.2, 0.25) is 15.8 Å². The molecule has 0 saturated carbocycles. The van der Waals surface area contributed by atoms with E-state index in [2.05, 4.69) is 20.1 Å². The van der Waals surface area contributed by atoms with Crippen molar-refractivity contribution in [3.8, 4) is 11.5 Å². The molecule has 0 spiro atoms. The SMILES string of the molecule is Cc1ccc(F)cc1S(=O)(=O)N1CCC(OCc2nc(-c3cnccn3)no2)CC1. The topological polar surface area (TPSA) is 111 Å². The Kier molecular flexibility index (Phi) is 5.84. The van der Waals surface area contributed by atoms with Crippen LogP contribution in [-0.4, -0.2) is 52.0 Å². The predicted molar refractivity (Wildman–Crippen MR) is 103 cm³/mol. The highest BCUT2D eigenvalue weighted by atomic mass is 32.2. The Balaban J connectivity index is 1.33. The van der Waals surface area contributed by atoms with E-state index < -0.39 is 15.8 Å². The fourth-order valence-electron chi connectivity index (χ4n) is 3.25. The third-order valence-corrected chi connectivity index (χ3v) is 6.91. The highest BCUT2D eigenvalue weighted by Gasteiger charge is 2.31. The van der Waals surface area contributed by atoms with Crippen LogP contribution in [-0.2, 0) is 21.4 Å². The number of ether oxygens (including phenoxy) is 1. The first-order valence-corrected chi connectivity index (χ1v) is 10.8. The minimum Gasteiger partial charge on any atom is -0.368 e. The number of hydrogen-bond acceptors (Lipinski definition) is 8. The van der Waals surface area contributed by atoms with Gasteiger partial charge in [-0.05, 0) is 37.5 Å². The summed E-state index contributed by atoms with van der Waals surface area (Å²) in [5.41, 5.74) is 1.02. The number of benzene rings is 1. The Morgan fingerprint density at radius 3 is 2.80 bits per heavy atom. The molecule has 1 aromatic carbocycles. The van der Waals surface area contributed by atoms with E-state index in [9.17, 15) is 12.8 Å². The van der Waals surface area contributed by atoms with E-state index in [0.29, 0.717) is 35.8 Å². The highest BCUT2D eigenvalue weighted by Crippen LogP contribution is 2.25. The lowest BCUT2D eigenvalue weighted by Crippen LogP contribution is -2.41. The molecule has 1 fully saturated rings. The van der Waals surface area contributed by atoms with Crippen LogP contribution < -0.4 is 0 Å². The zero-order valence-electron chi connectivity index (χ0n) is 16.2. The Labute approximate surface area is 173 Å². The molecule has 0 unspecified atom stereocenters. The average molecular weight is 433 g/mol. The number of sulfonamides is 1. The average Bonchev–Trinajstić information content (AvgIpc) is 3.24. The number of rotatable bonds is 6. The number of piperidine rings is 1. The van der Waals surface area contributed by atoms with E-state index in [0.717, 1.165) is 6.07 Å². The highest BCUT2D eigenvalue weighted by molar-refractivity contribution is 7.89. The molecule has 0 aliphatic carbocycles. The van der Waals surface area contributed by atoms with Crippen molar-refractivity contribution in [2.75, 3.05) is 13.1 Å². The van der Waals surface area contributed by atoms with Crippen molar-refractivity contribution in [3.05, 3.63) is 54.1 Å². The first-order valence-electron chi connectivity index (χ1n) is 9.40. The van der Waals surface area contributed by atoms with Crippen LogP contribution in [0.5, 0.6) is 0 Å². The Morgan fingerprint density at radius 1 is 1.27 bits per heavy atom. The van der Waals surface area contributed by atoms with Crippen LogP contribution in [0.2, 0.25) is 0 Å². The number of hydrogen-bond donors (Lipinski definition) is 0. The summed E-state index contributed by atoms with van der Waals surface area (Å²) >= 11 is 0. The summed E-state index contributed by atoms with van der Waals surface area (Å²) in [6, 6.07) is 3.79. The maximum Gasteiger partial charge on any atom is 0.253 e. The van der Waals surface area contributed by atoms with Crippen LogP contribution >= 0.6 is 0 Å². The van der Waals surface area contributed by atoms with Crippen LogP contribution in [0.1, 0.15) is 24.3 Å². The fourth-order valence-corrected chi connectivity index (χ4v) is 4.96. The van der Waals surface area contributed by atoms with Gasteiger partial charge in [-0.3, -0.25) is 4.98 Å². The Bertz CT molecular complexity index is 1110. The quantitative estimate of drug-likeness (QED) is 0.582. The van der Waals surface area contributed by atoms with Gasteiger partial charge in [-0.2, -0.15) is 9.29 Å². The lowest BCUT2D eigenvalue weighted by Gasteiger charge is -2.31. The van der Waals surface area contributed by atoms with Crippen LogP contribution in [0.15, 0.2) is 46.2 Å². The van der Waals surface area contributed by atoms with Gasteiger partial charge in [-0.25, -0.2) is 17.8 Å². The van der Waals surface area contributed by atoms with Gasteiger partial charge in [0.05, 0.1) is 17.2 Å². The molecule has 0 amide bonds. The molecule has 1 aliphatic heterocycles. The molecule has 1 saturated heterocycles. The Hall–Kier alpha value is -2.76. The standard InChI is InChI=1S/C19H20FN5O4S/c1-13-2-3-14(20)10-17(13)30(26,27)25-8-4-15(5-9-25)28-12-18-23-19(24-29-18)16-11-21-6-7-22-16/h2-3,6-7,10-11,15H,4-5,8-9,12H2,1H3. The number of halogens is 1. The monoisotopic (exact) mass is 433 g/mol. The molecule has 0 atom stereocenters. The molecule has 0 N–H and O–H groups in total. The molecule has 4 rings (SSSR count). The van der Waals surface area contributed by atoms with E-state index in [1.54, 1.807) is 13.1 Å². The molecule has 9 nitrogen and oxygen atoms in total. The molecule has 30 heavy (non-hydrogen) atoms. The third kappa shape index (κ3) is 4.37. The minimum absolute atomic E-state index is 0.00395. The van der Waals surface area contributed by atoms with Crippen molar-refractivity contribution in [3.63, 3.8) is 0 Å². The summed E-state index contributed by atoms with van der Waals surface area (Å²) in [4.78, 5) is 12.3. The van der Waals surface area contributed by atoms with E-state index in [-0.39, 0.29) is 30.7 Å². The van der Waals surface area contributed by atoms with Crippen LogP contribution in [0.25, 0.3) is 11.5 Å². The fraction of sp³-hybridized carbons (Fsp3) is 0.368. The summed E-state index contributed by atoms with van der Waals surface area (Å²) in [6.07, 6.45) is 5.51. The molecule has 3 heterocycles. The van der Waals surface area contributed by atoms with Gasteiger partial charge in [0.25, 0.3) is 5.89 Å². The van der Waals surface area contributed by atoms with Gasteiger partial charge < -0.3 is 9.26 Å². The normalized spacial score (nSPS) is 16.1. The van der Waals surface area contributed by atoms with Gasteiger partial charge >= 0.3 is 0 Å². The number of aromatic nitrogens is 4. The molecule has 1 aliphatic rings. The first kappa shape index (κ1) is 20.5. The molecule has 0 bridgehead atoms. The van der Waals surface area contributed by atoms with E-state index in [1.165, 1.54) is 28.8 Å². The van der Waals surface area contributed by atoms with Crippen LogP contribution in [0, 0.1) is 12.7 Å². The second-order valence-corrected chi connectivity index (χ2v) is 8.83. The van der Waals surface area contributed by atoms with Gasteiger partial charge in [0.1, 0.15) is 18.1 Å². The van der Waals surface area contributed by atoms with Crippen molar-refractivity contribution in [2.24, 2.45) is 0 Å². The van der Waals surface area contributed by atoms with Crippen molar-refractivity contribution < 1.29 is 22.1 Å². The maximum atomic E-state index is 13.5. The van der Waals surface area contributed by atoms with Crippen molar-refractivity contribution in [1.82, 2.24) is 24.4 Å². The van der Waals surface area contributed by atoms with E-state index in [1.807, 2.05) is 0 Å². The van der Waals surface area contributed by atoms with Gasteiger partial charge in [-0.1, -0.05) is 11.2 Å². The second-order valence-electron chi connectivity index (χ2n) is 6.93. The van der Waals surface area contributed by atoms with E-state index >= 15 is 0 Å². The van der Waals surface area contributed by atoms with Crippen molar-refractivity contribution >= 4 is 10.0 Å². The van der Waals surface area contributed by atoms with E-state index in [4.69, 9.17) is 9.26 Å². The minimum atomic E-state index is -3.75. The predicted octanol–water partition coefficient (Wildman–Crippen LogP) is 2.34. The molecular weight excluding hydrogens is 413 g/mol.